The molecule has 88 valence electrons. The average molecular weight is 221 g/mol. The summed E-state index contributed by atoms with van der Waals surface area (Å²) in [5.74, 6) is -0.144. The zero-order valence-electron chi connectivity index (χ0n) is 9.93. The van der Waals surface area contributed by atoms with E-state index in [1.807, 2.05) is 6.07 Å². The van der Waals surface area contributed by atoms with Gasteiger partial charge in [0.15, 0.2) is 0 Å². The van der Waals surface area contributed by atoms with Gasteiger partial charge in [-0.2, -0.15) is 0 Å². The third-order valence-corrected chi connectivity index (χ3v) is 3.46. The second kappa shape index (κ2) is 4.96. The Kier molecular flexibility index (Phi) is 3.59. The molecule has 16 heavy (non-hydrogen) atoms. The van der Waals surface area contributed by atoms with Crippen molar-refractivity contribution in [3.05, 3.63) is 35.6 Å². The van der Waals surface area contributed by atoms with Crippen LogP contribution in [0.3, 0.4) is 0 Å². The molecule has 1 fully saturated rings. The molecule has 2 heteroatoms. The summed E-state index contributed by atoms with van der Waals surface area (Å²) in [6.45, 7) is 4.10. The second-order valence-electron chi connectivity index (χ2n) is 4.98. The molecular formula is C14H20FN. The highest BCUT2D eigenvalue weighted by Gasteiger charge is 2.40. The Bertz CT molecular complexity index is 344. The summed E-state index contributed by atoms with van der Waals surface area (Å²) in [5.41, 5.74) is 1.61. The number of halogens is 1. The van der Waals surface area contributed by atoms with Gasteiger partial charge in [0.05, 0.1) is 0 Å². The van der Waals surface area contributed by atoms with Crippen LogP contribution in [0.2, 0.25) is 0 Å². The van der Waals surface area contributed by atoms with Crippen LogP contribution in [-0.4, -0.2) is 6.54 Å². The van der Waals surface area contributed by atoms with Crippen molar-refractivity contribution in [2.45, 2.75) is 39.2 Å². The third kappa shape index (κ3) is 3.05. The first-order valence-corrected chi connectivity index (χ1v) is 6.19. The van der Waals surface area contributed by atoms with Gasteiger partial charge in [0.1, 0.15) is 5.82 Å². The Hall–Kier alpha value is -0.890. The fourth-order valence-corrected chi connectivity index (χ4v) is 2.34. The second-order valence-corrected chi connectivity index (χ2v) is 4.98. The maximum Gasteiger partial charge on any atom is 0.123 e. The van der Waals surface area contributed by atoms with Crippen molar-refractivity contribution >= 4 is 0 Å². The Morgan fingerprint density at radius 1 is 1.38 bits per heavy atom. The minimum atomic E-state index is -0.144. The minimum absolute atomic E-state index is 0.144. The number of hydrogen-bond acceptors (Lipinski definition) is 1. The molecule has 0 unspecified atom stereocenters. The van der Waals surface area contributed by atoms with Crippen LogP contribution in [0.1, 0.15) is 38.2 Å². The zero-order valence-corrected chi connectivity index (χ0v) is 9.93. The van der Waals surface area contributed by atoms with Crippen molar-refractivity contribution < 1.29 is 4.39 Å². The molecule has 0 atom stereocenters. The third-order valence-electron chi connectivity index (χ3n) is 3.46. The van der Waals surface area contributed by atoms with E-state index in [9.17, 15) is 4.39 Å². The lowest BCUT2D eigenvalue weighted by molar-refractivity contribution is 0.420. The van der Waals surface area contributed by atoms with E-state index in [0.717, 1.165) is 18.7 Å². The van der Waals surface area contributed by atoms with Crippen LogP contribution >= 0.6 is 0 Å². The smallest absolute Gasteiger partial charge is 0.123 e. The van der Waals surface area contributed by atoms with Crippen molar-refractivity contribution in [3.8, 4) is 0 Å². The average Bonchev–Trinajstić information content (AvgIpc) is 2.99. The van der Waals surface area contributed by atoms with Gasteiger partial charge >= 0.3 is 0 Å². The topological polar surface area (TPSA) is 12.0 Å². The summed E-state index contributed by atoms with van der Waals surface area (Å²) < 4.78 is 12.9. The van der Waals surface area contributed by atoms with Crippen molar-refractivity contribution in [1.82, 2.24) is 5.32 Å². The minimum Gasteiger partial charge on any atom is -0.312 e. The summed E-state index contributed by atoms with van der Waals surface area (Å²) >= 11 is 0. The number of nitrogens with one attached hydrogen (secondary N) is 1. The van der Waals surface area contributed by atoms with Gasteiger partial charge in [-0.05, 0) is 42.4 Å². The van der Waals surface area contributed by atoms with Crippen molar-refractivity contribution in [1.29, 1.82) is 0 Å². The van der Waals surface area contributed by atoms with Gasteiger partial charge in [-0.15, -0.1) is 0 Å². The van der Waals surface area contributed by atoms with Gasteiger partial charge in [-0.3, -0.25) is 0 Å². The fourth-order valence-electron chi connectivity index (χ4n) is 2.34. The molecule has 0 radical (unpaired) electrons. The highest BCUT2D eigenvalue weighted by Crippen LogP contribution is 2.48. The molecule has 1 nitrogen and oxygen atoms in total. The molecule has 2 rings (SSSR count). The van der Waals surface area contributed by atoms with Crippen molar-refractivity contribution in [2.75, 3.05) is 6.54 Å². The fraction of sp³-hybridized carbons (Fsp3) is 0.571. The summed E-state index contributed by atoms with van der Waals surface area (Å²) in [5, 5.41) is 3.45. The maximum atomic E-state index is 12.9. The Morgan fingerprint density at radius 3 is 2.81 bits per heavy atom. The molecule has 0 aromatic heterocycles. The van der Waals surface area contributed by atoms with Gasteiger partial charge in [0, 0.05) is 13.1 Å². The number of benzene rings is 1. The van der Waals surface area contributed by atoms with Crippen LogP contribution in [0.25, 0.3) is 0 Å². The van der Waals surface area contributed by atoms with Crippen molar-refractivity contribution in [3.63, 3.8) is 0 Å². The molecule has 0 heterocycles. The van der Waals surface area contributed by atoms with Crippen LogP contribution < -0.4 is 5.32 Å². The molecule has 1 aromatic rings. The SMILES string of the molecule is CCCC1(CNCc2cccc(F)c2)CC1. The molecule has 1 saturated carbocycles. The first-order valence-electron chi connectivity index (χ1n) is 6.19. The Balaban J connectivity index is 1.76. The Morgan fingerprint density at radius 2 is 2.19 bits per heavy atom. The summed E-state index contributed by atoms with van der Waals surface area (Å²) in [6.07, 6.45) is 5.30. The number of rotatable bonds is 6. The first kappa shape index (κ1) is 11.6. The van der Waals surface area contributed by atoms with E-state index in [1.165, 1.54) is 31.7 Å². The highest BCUT2D eigenvalue weighted by molar-refractivity contribution is 5.16. The summed E-state index contributed by atoms with van der Waals surface area (Å²) in [7, 11) is 0. The number of hydrogen-bond donors (Lipinski definition) is 1. The van der Waals surface area contributed by atoms with E-state index in [2.05, 4.69) is 12.2 Å². The van der Waals surface area contributed by atoms with E-state index in [-0.39, 0.29) is 5.82 Å². The summed E-state index contributed by atoms with van der Waals surface area (Å²) in [6, 6.07) is 6.83. The quantitative estimate of drug-likeness (QED) is 0.775. The Labute approximate surface area is 97.1 Å². The largest absolute Gasteiger partial charge is 0.312 e. The molecular weight excluding hydrogens is 201 g/mol. The molecule has 0 amide bonds. The highest BCUT2D eigenvalue weighted by atomic mass is 19.1. The lowest BCUT2D eigenvalue weighted by Gasteiger charge is -2.14. The maximum absolute atomic E-state index is 12.9. The summed E-state index contributed by atoms with van der Waals surface area (Å²) in [4.78, 5) is 0. The van der Waals surface area contributed by atoms with E-state index in [4.69, 9.17) is 0 Å². The van der Waals surface area contributed by atoms with Gasteiger partial charge in [-0.1, -0.05) is 25.5 Å². The predicted octanol–water partition coefficient (Wildman–Crippen LogP) is 3.50. The van der Waals surface area contributed by atoms with E-state index >= 15 is 0 Å². The van der Waals surface area contributed by atoms with Gasteiger partial charge < -0.3 is 5.32 Å². The van der Waals surface area contributed by atoms with Crippen LogP contribution in [-0.2, 0) is 6.54 Å². The predicted molar refractivity (Wildman–Crippen MR) is 64.7 cm³/mol. The zero-order chi connectivity index (χ0) is 11.4. The molecule has 1 aliphatic carbocycles. The van der Waals surface area contributed by atoms with E-state index < -0.39 is 0 Å². The van der Waals surface area contributed by atoms with Crippen molar-refractivity contribution in [2.24, 2.45) is 5.41 Å². The molecule has 1 aliphatic rings. The van der Waals surface area contributed by atoms with Crippen LogP contribution in [0.5, 0.6) is 0 Å². The molecule has 1 N–H and O–H groups in total. The normalized spacial score (nSPS) is 17.4. The molecule has 0 aliphatic heterocycles. The monoisotopic (exact) mass is 221 g/mol. The van der Waals surface area contributed by atoms with Crippen LogP contribution in [0.4, 0.5) is 4.39 Å². The molecule has 0 saturated heterocycles. The molecule has 0 bridgehead atoms. The molecule has 1 aromatic carbocycles. The van der Waals surface area contributed by atoms with Crippen LogP contribution in [0, 0.1) is 11.2 Å². The molecule has 0 spiro atoms. The van der Waals surface area contributed by atoms with Gasteiger partial charge in [-0.25, -0.2) is 4.39 Å². The van der Waals surface area contributed by atoms with E-state index in [0.29, 0.717) is 5.41 Å². The lowest BCUT2D eigenvalue weighted by atomic mass is 10.0. The lowest BCUT2D eigenvalue weighted by Crippen LogP contribution is -2.23. The van der Waals surface area contributed by atoms with E-state index in [1.54, 1.807) is 12.1 Å². The van der Waals surface area contributed by atoms with Crippen LogP contribution in [0.15, 0.2) is 24.3 Å². The van der Waals surface area contributed by atoms with Gasteiger partial charge in [0.2, 0.25) is 0 Å². The van der Waals surface area contributed by atoms with Gasteiger partial charge in [0.25, 0.3) is 0 Å². The standard InChI is InChI=1S/C14H20FN/c1-2-6-14(7-8-14)11-16-10-12-4-3-5-13(15)9-12/h3-5,9,16H,2,6-8,10-11H2,1H3. The first-order chi connectivity index (χ1) is 7.74.